The summed E-state index contributed by atoms with van der Waals surface area (Å²) >= 11 is 6.18. The number of hydrogen-bond acceptors (Lipinski definition) is 2. The fraction of sp³-hybridized carbons (Fsp3) is 0.533. The Morgan fingerprint density at radius 1 is 1.33 bits per heavy atom. The average molecular weight is 266 g/mol. The number of halogens is 1. The lowest BCUT2D eigenvalue weighted by Gasteiger charge is -2.29. The van der Waals surface area contributed by atoms with Crippen LogP contribution in [0.2, 0.25) is 5.02 Å². The van der Waals surface area contributed by atoms with Gasteiger partial charge in [0.1, 0.15) is 0 Å². The van der Waals surface area contributed by atoms with E-state index < -0.39 is 0 Å². The van der Waals surface area contributed by atoms with Crippen molar-refractivity contribution in [3.05, 3.63) is 28.8 Å². The molecule has 3 heteroatoms. The molecule has 2 rings (SSSR count). The first-order chi connectivity index (χ1) is 8.59. The SMILES string of the molecule is CC(=O)c1ccc(N2CCCCCC2C)cc1Cl. The topological polar surface area (TPSA) is 20.3 Å². The lowest BCUT2D eigenvalue weighted by molar-refractivity contribution is 0.101. The minimum absolute atomic E-state index is 0.0236. The highest BCUT2D eigenvalue weighted by atomic mass is 35.5. The van der Waals surface area contributed by atoms with Crippen LogP contribution in [0.5, 0.6) is 0 Å². The van der Waals surface area contributed by atoms with Gasteiger partial charge in [0.25, 0.3) is 0 Å². The predicted octanol–water partition coefficient (Wildman–Crippen LogP) is 4.31. The Hall–Kier alpha value is -1.02. The second-order valence-electron chi connectivity index (χ2n) is 5.11. The number of benzene rings is 1. The summed E-state index contributed by atoms with van der Waals surface area (Å²) in [7, 11) is 0. The molecule has 1 fully saturated rings. The molecule has 0 aliphatic carbocycles. The van der Waals surface area contributed by atoms with Crippen molar-refractivity contribution in [1.29, 1.82) is 0 Å². The predicted molar refractivity (Wildman–Crippen MR) is 76.7 cm³/mol. The van der Waals surface area contributed by atoms with Crippen LogP contribution in [0.4, 0.5) is 5.69 Å². The van der Waals surface area contributed by atoms with Gasteiger partial charge < -0.3 is 4.90 Å². The maximum atomic E-state index is 11.4. The number of carbonyl (C=O) groups is 1. The number of Topliss-reactive ketones (excluding diaryl/α,β-unsaturated/α-hetero) is 1. The second-order valence-corrected chi connectivity index (χ2v) is 5.52. The number of carbonyl (C=O) groups excluding carboxylic acids is 1. The van der Waals surface area contributed by atoms with E-state index in [-0.39, 0.29) is 5.78 Å². The van der Waals surface area contributed by atoms with Gasteiger partial charge in [0.05, 0.1) is 5.02 Å². The lowest BCUT2D eigenvalue weighted by Crippen LogP contribution is -2.32. The van der Waals surface area contributed by atoms with Gasteiger partial charge in [-0.15, -0.1) is 0 Å². The molecule has 1 aromatic rings. The maximum absolute atomic E-state index is 11.4. The maximum Gasteiger partial charge on any atom is 0.161 e. The van der Waals surface area contributed by atoms with Crippen molar-refractivity contribution in [3.63, 3.8) is 0 Å². The number of anilines is 1. The molecule has 1 aromatic carbocycles. The molecule has 1 unspecified atom stereocenters. The Kier molecular flexibility index (Phi) is 4.28. The fourth-order valence-electron chi connectivity index (χ4n) is 2.63. The van der Waals surface area contributed by atoms with Crippen molar-refractivity contribution in [2.45, 2.75) is 45.6 Å². The van der Waals surface area contributed by atoms with Gasteiger partial charge in [0.2, 0.25) is 0 Å². The molecule has 1 aliphatic heterocycles. The third kappa shape index (κ3) is 2.86. The molecular weight excluding hydrogens is 246 g/mol. The van der Waals surface area contributed by atoms with Crippen molar-refractivity contribution in [2.24, 2.45) is 0 Å². The average Bonchev–Trinajstić information content (AvgIpc) is 2.53. The zero-order valence-electron chi connectivity index (χ0n) is 11.1. The van der Waals surface area contributed by atoms with Gasteiger partial charge in [-0.2, -0.15) is 0 Å². The van der Waals surface area contributed by atoms with Crippen LogP contribution in [0, 0.1) is 0 Å². The first-order valence-corrected chi connectivity index (χ1v) is 7.04. The minimum Gasteiger partial charge on any atom is -0.369 e. The Balaban J connectivity index is 2.27. The van der Waals surface area contributed by atoms with Gasteiger partial charge in [-0.05, 0) is 44.9 Å². The van der Waals surface area contributed by atoms with Crippen LogP contribution in [-0.2, 0) is 0 Å². The quantitative estimate of drug-likeness (QED) is 0.743. The van der Waals surface area contributed by atoms with Gasteiger partial charge in [0.15, 0.2) is 5.78 Å². The van der Waals surface area contributed by atoms with Gasteiger partial charge in [-0.1, -0.05) is 24.4 Å². The molecule has 18 heavy (non-hydrogen) atoms. The number of ketones is 1. The van der Waals surface area contributed by atoms with E-state index >= 15 is 0 Å². The van der Waals surface area contributed by atoms with Crippen LogP contribution in [0.3, 0.4) is 0 Å². The van der Waals surface area contributed by atoms with E-state index in [0.29, 0.717) is 16.6 Å². The summed E-state index contributed by atoms with van der Waals surface area (Å²) in [6.45, 7) is 4.89. The highest BCUT2D eigenvalue weighted by Gasteiger charge is 2.18. The summed E-state index contributed by atoms with van der Waals surface area (Å²) < 4.78 is 0. The van der Waals surface area contributed by atoms with Gasteiger partial charge in [0, 0.05) is 23.8 Å². The molecule has 1 aliphatic rings. The van der Waals surface area contributed by atoms with Crippen LogP contribution in [0.15, 0.2) is 18.2 Å². The third-order valence-electron chi connectivity index (χ3n) is 3.72. The Morgan fingerprint density at radius 2 is 2.11 bits per heavy atom. The lowest BCUT2D eigenvalue weighted by atomic mass is 10.1. The highest BCUT2D eigenvalue weighted by molar-refractivity contribution is 6.34. The second kappa shape index (κ2) is 5.75. The molecule has 1 atom stereocenters. The van der Waals surface area contributed by atoms with Crippen molar-refractivity contribution in [2.75, 3.05) is 11.4 Å². The molecule has 2 nitrogen and oxygen atoms in total. The van der Waals surface area contributed by atoms with Crippen molar-refractivity contribution in [3.8, 4) is 0 Å². The van der Waals surface area contributed by atoms with E-state index in [2.05, 4.69) is 11.8 Å². The summed E-state index contributed by atoms with van der Waals surface area (Å²) in [5, 5.41) is 0.566. The van der Waals surface area contributed by atoms with Crippen LogP contribution in [-0.4, -0.2) is 18.4 Å². The van der Waals surface area contributed by atoms with E-state index in [9.17, 15) is 4.79 Å². The summed E-state index contributed by atoms with van der Waals surface area (Å²) in [6, 6.07) is 6.34. The Morgan fingerprint density at radius 3 is 2.78 bits per heavy atom. The monoisotopic (exact) mass is 265 g/mol. The van der Waals surface area contributed by atoms with Crippen molar-refractivity contribution < 1.29 is 4.79 Å². The van der Waals surface area contributed by atoms with Crippen LogP contribution in [0.25, 0.3) is 0 Å². The Bertz CT molecular complexity index is 444. The number of hydrogen-bond donors (Lipinski definition) is 0. The first kappa shape index (κ1) is 13.4. The van der Waals surface area contributed by atoms with E-state index in [1.165, 1.54) is 25.7 Å². The summed E-state index contributed by atoms with van der Waals surface area (Å²) in [5.41, 5.74) is 1.75. The molecule has 0 saturated carbocycles. The number of nitrogens with zero attached hydrogens (tertiary/aromatic N) is 1. The normalized spacial score (nSPS) is 20.6. The van der Waals surface area contributed by atoms with Gasteiger partial charge in [-0.25, -0.2) is 0 Å². The van der Waals surface area contributed by atoms with E-state index in [0.717, 1.165) is 12.2 Å². The molecule has 98 valence electrons. The van der Waals surface area contributed by atoms with Crippen LogP contribution < -0.4 is 4.90 Å². The van der Waals surface area contributed by atoms with Gasteiger partial charge in [-0.3, -0.25) is 4.79 Å². The van der Waals surface area contributed by atoms with Crippen molar-refractivity contribution >= 4 is 23.1 Å². The Labute approximate surface area is 114 Å². The molecular formula is C15H20ClNO. The smallest absolute Gasteiger partial charge is 0.161 e. The summed E-state index contributed by atoms with van der Waals surface area (Å²) in [4.78, 5) is 13.8. The van der Waals surface area contributed by atoms with E-state index in [1.54, 1.807) is 6.92 Å². The molecule has 0 radical (unpaired) electrons. The van der Waals surface area contributed by atoms with Crippen molar-refractivity contribution in [1.82, 2.24) is 0 Å². The highest BCUT2D eigenvalue weighted by Crippen LogP contribution is 2.28. The molecule has 1 heterocycles. The van der Waals surface area contributed by atoms with E-state index in [4.69, 9.17) is 11.6 Å². The zero-order valence-corrected chi connectivity index (χ0v) is 11.8. The summed E-state index contributed by atoms with van der Waals surface area (Å²) in [6.07, 6.45) is 5.07. The molecule has 1 saturated heterocycles. The molecule has 0 amide bonds. The zero-order chi connectivity index (χ0) is 13.1. The minimum atomic E-state index is 0.0236. The molecule has 0 aromatic heterocycles. The largest absolute Gasteiger partial charge is 0.369 e. The molecule has 0 N–H and O–H groups in total. The van der Waals surface area contributed by atoms with E-state index in [1.807, 2.05) is 18.2 Å². The summed E-state index contributed by atoms with van der Waals surface area (Å²) in [5.74, 6) is 0.0236. The van der Waals surface area contributed by atoms with Crippen LogP contribution in [0.1, 0.15) is 49.9 Å². The fourth-order valence-corrected chi connectivity index (χ4v) is 2.93. The standard InChI is InChI=1S/C15H20ClNO/c1-11-6-4-3-5-9-17(11)13-7-8-14(12(2)18)15(16)10-13/h7-8,10-11H,3-6,9H2,1-2H3. The van der Waals surface area contributed by atoms with Crippen LogP contribution >= 0.6 is 11.6 Å². The molecule has 0 bridgehead atoms. The molecule has 0 spiro atoms. The first-order valence-electron chi connectivity index (χ1n) is 6.66. The third-order valence-corrected chi connectivity index (χ3v) is 4.03. The number of rotatable bonds is 2. The van der Waals surface area contributed by atoms with Gasteiger partial charge >= 0.3 is 0 Å².